The Kier molecular flexibility index (Phi) is 5.61. The summed E-state index contributed by atoms with van der Waals surface area (Å²) in [5.41, 5.74) is 3.09. The maximum atomic E-state index is 12.9. The smallest absolute Gasteiger partial charge is 0.281 e. The predicted octanol–water partition coefficient (Wildman–Crippen LogP) is 6.11. The van der Waals surface area contributed by atoms with Crippen molar-refractivity contribution in [2.24, 2.45) is 0 Å². The summed E-state index contributed by atoms with van der Waals surface area (Å²) in [6, 6.07) is 14.8. The average molecular weight is 477 g/mol. The molecule has 0 spiro atoms. The van der Waals surface area contributed by atoms with E-state index < -0.39 is 21.9 Å². The lowest BCUT2D eigenvalue weighted by Gasteiger charge is -2.10. The molecule has 0 saturated heterocycles. The molecule has 0 aliphatic heterocycles. The van der Waals surface area contributed by atoms with Gasteiger partial charge in [-0.05, 0) is 66.6 Å². The van der Waals surface area contributed by atoms with Crippen molar-refractivity contribution in [1.29, 1.82) is 0 Å². The van der Waals surface area contributed by atoms with E-state index in [4.69, 9.17) is 0 Å². The zero-order chi connectivity index (χ0) is 23.1. The van der Waals surface area contributed by atoms with Crippen molar-refractivity contribution in [2.75, 3.05) is 0 Å². The number of hydrogen-bond acceptors (Lipinski definition) is 5. The molecule has 0 atom stereocenters. The van der Waals surface area contributed by atoms with Gasteiger partial charge in [0.1, 0.15) is 4.21 Å². The highest BCUT2D eigenvalue weighted by molar-refractivity contribution is 7.88. The highest BCUT2D eigenvalue weighted by Crippen LogP contribution is 2.34. The Bertz CT molecular complexity index is 1400. The lowest BCUT2D eigenvalue weighted by molar-refractivity contribution is -0.137. The van der Waals surface area contributed by atoms with Gasteiger partial charge in [0.2, 0.25) is 0 Å². The number of benzene rings is 1. The SMILES string of the molecule is Cc1cc(-c2ccc(C(F)(F)F)cc2)cc(-c2ccnc(-c3ccc(S(=O)(=O)O)s3)c2)n1. The molecule has 3 heterocycles. The van der Waals surface area contributed by atoms with Crippen LogP contribution in [-0.4, -0.2) is 22.9 Å². The first kappa shape index (κ1) is 22.1. The molecule has 0 fully saturated rings. The van der Waals surface area contributed by atoms with E-state index in [1.165, 1.54) is 18.2 Å². The van der Waals surface area contributed by atoms with Crippen LogP contribution in [0.1, 0.15) is 11.3 Å². The van der Waals surface area contributed by atoms with Crippen LogP contribution >= 0.6 is 11.3 Å². The molecule has 1 N–H and O–H groups in total. The van der Waals surface area contributed by atoms with E-state index in [2.05, 4.69) is 9.97 Å². The Hall–Kier alpha value is -3.08. The molecule has 0 radical (unpaired) electrons. The summed E-state index contributed by atoms with van der Waals surface area (Å²) < 4.78 is 70.2. The fourth-order valence-electron chi connectivity index (χ4n) is 3.16. The molecule has 0 amide bonds. The Morgan fingerprint density at radius 3 is 2.19 bits per heavy atom. The van der Waals surface area contributed by atoms with Crippen molar-refractivity contribution in [1.82, 2.24) is 9.97 Å². The first-order chi connectivity index (χ1) is 15.0. The number of aromatic nitrogens is 2. The number of nitrogens with zero attached hydrogens (tertiary/aromatic N) is 2. The van der Waals surface area contributed by atoms with E-state index in [9.17, 15) is 26.1 Å². The minimum atomic E-state index is -4.40. The first-order valence-electron chi connectivity index (χ1n) is 9.21. The number of hydrogen-bond donors (Lipinski definition) is 1. The van der Waals surface area contributed by atoms with Crippen LogP contribution < -0.4 is 0 Å². The van der Waals surface area contributed by atoms with Crippen LogP contribution in [0.3, 0.4) is 0 Å². The number of pyridine rings is 2. The Labute approximate surface area is 186 Å². The van der Waals surface area contributed by atoms with Crippen molar-refractivity contribution in [3.63, 3.8) is 0 Å². The molecule has 3 aromatic heterocycles. The molecule has 10 heteroatoms. The predicted molar refractivity (Wildman–Crippen MR) is 116 cm³/mol. The fourth-order valence-corrected chi connectivity index (χ4v) is 4.79. The van der Waals surface area contributed by atoms with Gasteiger partial charge >= 0.3 is 16.3 Å². The van der Waals surface area contributed by atoms with Crippen molar-refractivity contribution >= 4 is 21.5 Å². The van der Waals surface area contributed by atoms with E-state index >= 15 is 0 Å². The summed E-state index contributed by atoms with van der Waals surface area (Å²) in [5, 5.41) is 0. The average Bonchev–Trinajstić information content (AvgIpc) is 3.24. The minimum Gasteiger partial charge on any atom is -0.281 e. The topological polar surface area (TPSA) is 80.2 Å². The van der Waals surface area contributed by atoms with Gasteiger partial charge in [0.15, 0.2) is 0 Å². The molecular weight excluding hydrogens is 461 g/mol. The minimum absolute atomic E-state index is 0.182. The number of rotatable bonds is 4. The van der Waals surface area contributed by atoms with Crippen molar-refractivity contribution < 1.29 is 26.1 Å². The molecule has 4 aromatic rings. The van der Waals surface area contributed by atoms with E-state index in [1.807, 2.05) is 0 Å². The molecule has 1 aromatic carbocycles. The largest absolute Gasteiger partial charge is 0.416 e. The van der Waals surface area contributed by atoms with Crippen molar-refractivity contribution in [3.05, 3.63) is 78.1 Å². The Morgan fingerprint density at radius 1 is 0.875 bits per heavy atom. The van der Waals surface area contributed by atoms with E-state index in [0.29, 0.717) is 38.6 Å². The molecule has 0 saturated carbocycles. The molecule has 0 bridgehead atoms. The van der Waals surface area contributed by atoms with Gasteiger partial charge in [-0.3, -0.25) is 14.5 Å². The van der Waals surface area contributed by atoms with E-state index in [-0.39, 0.29) is 4.21 Å². The van der Waals surface area contributed by atoms with Crippen LogP contribution in [0.2, 0.25) is 0 Å². The molecule has 4 rings (SSSR count). The molecule has 0 aliphatic rings. The zero-order valence-electron chi connectivity index (χ0n) is 16.5. The molecule has 32 heavy (non-hydrogen) atoms. The van der Waals surface area contributed by atoms with Gasteiger partial charge in [0, 0.05) is 17.5 Å². The normalized spacial score (nSPS) is 12.2. The second kappa shape index (κ2) is 8.12. The maximum absolute atomic E-state index is 12.9. The number of halogens is 3. The third-order valence-electron chi connectivity index (χ3n) is 4.64. The Morgan fingerprint density at radius 2 is 1.56 bits per heavy atom. The standard InChI is InChI=1S/C22H15F3N2O3S2/c1-13-10-16(14-2-4-17(5-3-14)22(23,24)25)12-18(27-13)15-8-9-26-19(11-15)20-6-7-21(31-20)32(28,29)30/h2-12H,1H3,(H,28,29,30). The van der Waals surface area contributed by atoms with Crippen LogP contribution in [0.25, 0.3) is 33.0 Å². The Balaban J connectivity index is 1.71. The van der Waals surface area contributed by atoms with Crippen LogP contribution in [0.5, 0.6) is 0 Å². The van der Waals surface area contributed by atoms with E-state index in [0.717, 1.165) is 23.5 Å². The van der Waals surface area contributed by atoms with Crippen LogP contribution in [0.15, 0.2) is 71.1 Å². The maximum Gasteiger partial charge on any atom is 0.416 e. The van der Waals surface area contributed by atoms with Crippen molar-refractivity contribution in [2.45, 2.75) is 17.3 Å². The van der Waals surface area contributed by atoms with Crippen LogP contribution in [0, 0.1) is 6.92 Å². The molecule has 0 unspecified atom stereocenters. The fraction of sp³-hybridized carbons (Fsp3) is 0.0909. The first-order valence-corrected chi connectivity index (χ1v) is 11.5. The van der Waals surface area contributed by atoms with Gasteiger partial charge in [-0.25, -0.2) is 0 Å². The molecule has 164 valence electrons. The second-order valence-electron chi connectivity index (χ2n) is 6.98. The summed E-state index contributed by atoms with van der Waals surface area (Å²) >= 11 is 0.890. The summed E-state index contributed by atoms with van der Waals surface area (Å²) in [6.07, 6.45) is -2.85. The lowest BCUT2D eigenvalue weighted by atomic mass is 10.0. The second-order valence-corrected chi connectivity index (χ2v) is 9.71. The van der Waals surface area contributed by atoms with Gasteiger partial charge in [-0.2, -0.15) is 21.6 Å². The third kappa shape index (κ3) is 4.72. The van der Waals surface area contributed by atoms with Crippen LogP contribution in [0.4, 0.5) is 13.2 Å². The van der Waals surface area contributed by atoms with E-state index in [1.54, 1.807) is 43.5 Å². The highest BCUT2D eigenvalue weighted by Gasteiger charge is 2.30. The summed E-state index contributed by atoms with van der Waals surface area (Å²) in [5.74, 6) is 0. The third-order valence-corrected chi connectivity index (χ3v) is 7.07. The zero-order valence-corrected chi connectivity index (χ0v) is 18.1. The van der Waals surface area contributed by atoms with Gasteiger partial charge in [-0.15, -0.1) is 11.3 Å². The van der Waals surface area contributed by atoms with Gasteiger partial charge in [0.25, 0.3) is 0 Å². The lowest BCUT2D eigenvalue weighted by Crippen LogP contribution is -2.04. The monoisotopic (exact) mass is 476 g/mol. The quantitative estimate of drug-likeness (QED) is 0.359. The van der Waals surface area contributed by atoms with Gasteiger partial charge in [0.05, 0.1) is 21.8 Å². The highest BCUT2D eigenvalue weighted by atomic mass is 32.3. The molecular formula is C22H15F3N2O3S2. The number of aryl methyl sites for hydroxylation is 1. The summed E-state index contributed by atoms with van der Waals surface area (Å²) in [7, 11) is -4.30. The number of thiophene rings is 1. The number of alkyl halides is 3. The van der Waals surface area contributed by atoms with Gasteiger partial charge in [-0.1, -0.05) is 12.1 Å². The summed E-state index contributed by atoms with van der Waals surface area (Å²) in [4.78, 5) is 9.34. The summed E-state index contributed by atoms with van der Waals surface area (Å²) in [6.45, 7) is 1.79. The van der Waals surface area contributed by atoms with Crippen molar-refractivity contribution in [3.8, 4) is 33.0 Å². The molecule has 0 aliphatic carbocycles. The van der Waals surface area contributed by atoms with Crippen LogP contribution in [-0.2, 0) is 16.3 Å². The molecule has 5 nitrogen and oxygen atoms in total. The van der Waals surface area contributed by atoms with Gasteiger partial charge < -0.3 is 0 Å².